The Hall–Kier alpha value is -1.92. The highest BCUT2D eigenvalue weighted by molar-refractivity contribution is 5.76. The van der Waals surface area contributed by atoms with Crippen LogP contribution in [0.2, 0.25) is 0 Å². The summed E-state index contributed by atoms with van der Waals surface area (Å²) in [6, 6.07) is 3.19. The van der Waals surface area contributed by atoms with Crippen LogP contribution in [0.25, 0.3) is 0 Å². The van der Waals surface area contributed by atoms with Crippen LogP contribution in [0.4, 0.5) is 13.2 Å². The minimum atomic E-state index is -4.41. The Balaban J connectivity index is 2.29. The molecule has 0 aromatic heterocycles. The summed E-state index contributed by atoms with van der Waals surface area (Å²) in [5.41, 5.74) is -0.217. The van der Waals surface area contributed by atoms with E-state index >= 15 is 0 Å². The molecule has 1 heterocycles. The molecule has 0 N–H and O–H groups in total. The van der Waals surface area contributed by atoms with Crippen molar-refractivity contribution in [2.75, 3.05) is 6.61 Å². The van der Waals surface area contributed by atoms with Gasteiger partial charge in [-0.1, -0.05) is 12.1 Å². The normalized spacial score (nSPS) is 25.3. The first kappa shape index (κ1) is 16.5. The van der Waals surface area contributed by atoms with Crippen molar-refractivity contribution >= 4 is 5.97 Å². The summed E-state index contributed by atoms with van der Waals surface area (Å²) in [5, 5.41) is 0. The van der Waals surface area contributed by atoms with Crippen molar-refractivity contribution in [2.45, 2.75) is 44.4 Å². The number of hydrogen-bond donors (Lipinski definition) is 0. The van der Waals surface area contributed by atoms with Crippen molar-refractivity contribution in [1.82, 2.24) is 0 Å². The van der Waals surface area contributed by atoms with Gasteiger partial charge >= 0.3 is 18.2 Å². The largest absolute Gasteiger partial charge is 0.461 e. The van der Waals surface area contributed by atoms with Crippen molar-refractivity contribution in [3.63, 3.8) is 0 Å². The zero-order chi connectivity index (χ0) is 16.5. The molecule has 2 rings (SSSR count). The lowest BCUT2D eigenvalue weighted by Gasteiger charge is -2.13. The number of benzene rings is 1. The van der Waals surface area contributed by atoms with Crippen LogP contribution in [-0.2, 0) is 15.7 Å². The van der Waals surface area contributed by atoms with Gasteiger partial charge in [0.2, 0.25) is 6.04 Å². The van der Waals surface area contributed by atoms with Crippen molar-refractivity contribution in [2.24, 2.45) is 0 Å². The number of halogens is 3. The zero-order valence-electron chi connectivity index (χ0n) is 12.3. The van der Waals surface area contributed by atoms with Gasteiger partial charge in [-0.05, 0) is 24.6 Å². The molecule has 0 bridgehead atoms. The van der Waals surface area contributed by atoms with Crippen LogP contribution >= 0.6 is 0 Å². The highest BCUT2D eigenvalue weighted by Crippen LogP contribution is 2.37. The Morgan fingerprint density at radius 3 is 2.41 bits per heavy atom. The number of alkyl halides is 3. The van der Waals surface area contributed by atoms with E-state index in [2.05, 4.69) is 0 Å². The van der Waals surface area contributed by atoms with E-state index in [4.69, 9.17) is 4.74 Å². The van der Waals surface area contributed by atoms with Crippen LogP contribution in [0.1, 0.15) is 37.3 Å². The van der Waals surface area contributed by atoms with Crippen LogP contribution < -0.4 is 0 Å². The number of carbonyl (C=O) groups excluding carboxylic acids is 1. The van der Waals surface area contributed by atoms with E-state index in [1.807, 2.05) is 0 Å². The van der Waals surface area contributed by atoms with Gasteiger partial charge in [-0.3, -0.25) is 0 Å². The first-order valence-corrected chi connectivity index (χ1v) is 7.05. The highest BCUT2D eigenvalue weighted by atomic mass is 19.4. The van der Waals surface area contributed by atoms with Gasteiger partial charge in [0.15, 0.2) is 0 Å². The zero-order valence-corrected chi connectivity index (χ0v) is 12.3. The van der Waals surface area contributed by atoms with Gasteiger partial charge in [-0.2, -0.15) is 13.2 Å². The van der Waals surface area contributed by atoms with E-state index in [1.54, 1.807) is 13.8 Å². The molecule has 0 spiro atoms. The fourth-order valence-corrected chi connectivity index (χ4v) is 2.79. The van der Waals surface area contributed by atoms with Gasteiger partial charge in [-0.15, -0.1) is 0 Å². The summed E-state index contributed by atoms with van der Waals surface area (Å²) in [6.07, 6.45) is -4.01. The van der Waals surface area contributed by atoms with Gasteiger partial charge < -0.3 is 4.74 Å². The van der Waals surface area contributed by atoms with E-state index < -0.39 is 29.7 Å². The number of esters is 1. The van der Waals surface area contributed by atoms with E-state index in [0.717, 1.165) is 12.1 Å². The number of nitroso groups, excluding NO2 is 1. The molecule has 1 fully saturated rings. The molecule has 4 nitrogen and oxygen atoms in total. The molecule has 3 atom stereocenters. The number of ether oxygens (including phenoxy) is 1. The molecule has 1 saturated heterocycles. The first-order chi connectivity index (χ1) is 10.3. The van der Waals surface area contributed by atoms with Crippen LogP contribution in [0, 0.1) is 4.91 Å². The quantitative estimate of drug-likeness (QED) is 0.635. The molecule has 1 aromatic rings. The maximum atomic E-state index is 12.6. The average molecular weight is 316 g/mol. The maximum Gasteiger partial charge on any atom is 0.416 e. The van der Waals surface area contributed by atoms with Gasteiger partial charge in [0.05, 0.1) is 18.1 Å². The van der Waals surface area contributed by atoms with Gasteiger partial charge in [-0.25, -0.2) is 4.79 Å². The van der Waals surface area contributed by atoms with Crippen LogP contribution in [0.5, 0.6) is 0 Å². The van der Waals surface area contributed by atoms with Crippen LogP contribution in [-0.4, -0.2) is 29.4 Å². The first-order valence-electron chi connectivity index (χ1n) is 7.05. The average Bonchev–Trinajstić information content (AvgIpc) is 2.74. The second kappa shape index (κ2) is 6.06. The summed E-state index contributed by atoms with van der Waals surface area (Å²) in [7, 11) is 0. The highest BCUT2D eigenvalue weighted by Gasteiger charge is 2.53. The maximum absolute atomic E-state index is 12.6. The standard InChI is InChI=1S/C15H17F3NO3/c1-3-22-14(20)13-12(8-9(2)19(13)21)10-4-6-11(7-5-10)15(16,17)18/h4-7,9,12-13H,3,8H2,1-2H3/q+1. The Labute approximate surface area is 125 Å². The van der Waals surface area contributed by atoms with E-state index in [0.29, 0.717) is 16.7 Å². The summed E-state index contributed by atoms with van der Waals surface area (Å²) in [4.78, 5) is 24.0. The Bertz CT molecular complexity index is 568. The van der Waals surface area contributed by atoms with Crippen LogP contribution in [0.15, 0.2) is 24.3 Å². The molecule has 0 aliphatic carbocycles. The minimum Gasteiger partial charge on any atom is -0.461 e. The van der Waals surface area contributed by atoms with E-state index in [-0.39, 0.29) is 12.6 Å². The monoisotopic (exact) mass is 316 g/mol. The molecular weight excluding hydrogens is 299 g/mol. The third-order valence-corrected chi connectivity index (χ3v) is 3.88. The van der Waals surface area contributed by atoms with Crippen LogP contribution in [0.3, 0.4) is 0 Å². The van der Waals surface area contributed by atoms with E-state index in [1.165, 1.54) is 12.1 Å². The number of rotatable bonds is 3. The van der Waals surface area contributed by atoms with Crippen molar-refractivity contribution in [1.29, 1.82) is 0 Å². The van der Waals surface area contributed by atoms with Crippen molar-refractivity contribution in [3.05, 3.63) is 40.3 Å². The number of nitrogens with zero attached hydrogens (tertiary/aromatic N) is 1. The molecule has 1 aliphatic heterocycles. The predicted octanol–water partition coefficient (Wildman–Crippen LogP) is 3.29. The summed E-state index contributed by atoms with van der Waals surface area (Å²) in [5.74, 6) is -1.10. The molecule has 0 radical (unpaired) electrons. The SMILES string of the molecule is CCOC(=O)C1C(c2ccc(C(F)(F)F)cc2)CC(C)[N+]1=O. The van der Waals surface area contributed by atoms with Gasteiger partial charge in [0.1, 0.15) is 0 Å². The number of carbonyl (C=O) groups is 1. The van der Waals surface area contributed by atoms with Gasteiger partial charge in [0.25, 0.3) is 0 Å². The smallest absolute Gasteiger partial charge is 0.416 e. The third kappa shape index (κ3) is 3.13. The molecule has 1 aliphatic rings. The third-order valence-electron chi connectivity index (χ3n) is 3.88. The molecule has 3 unspecified atom stereocenters. The molecular formula is C15H17F3NO3+. The summed E-state index contributed by atoms with van der Waals surface area (Å²) in [6.45, 7) is 3.47. The number of hydrogen-bond acceptors (Lipinski definition) is 3. The Kier molecular flexibility index (Phi) is 4.53. The molecule has 22 heavy (non-hydrogen) atoms. The fraction of sp³-hybridized carbons (Fsp3) is 0.533. The minimum absolute atomic E-state index is 0.150. The molecule has 7 heteroatoms. The second-order valence-electron chi connectivity index (χ2n) is 5.37. The van der Waals surface area contributed by atoms with Gasteiger partial charge in [0, 0.05) is 23.0 Å². The van der Waals surface area contributed by atoms with E-state index in [9.17, 15) is 22.9 Å². The van der Waals surface area contributed by atoms with Crippen molar-refractivity contribution < 1.29 is 27.5 Å². The predicted molar refractivity (Wildman–Crippen MR) is 72.3 cm³/mol. The molecule has 0 amide bonds. The Morgan fingerprint density at radius 2 is 1.91 bits per heavy atom. The Morgan fingerprint density at radius 1 is 1.32 bits per heavy atom. The van der Waals surface area contributed by atoms with Crippen molar-refractivity contribution in [3.8, 4) is 0 Å². The molecule has 1 aromatic carbocycles. The lowest BCUT2D eigenvalue weighted by atomic mass is 9.90. The topological polar surface area (TPSA) is 46.4 Å². The summed E-state index contributed by atoms with van der Waals surface area (Å²) >= 11 is 0. The summed E-state index contributed by atoms with van der Waals surface area (Å²) < 4.78 is 43.4. The second-order valence-corrected chi connectivity index (χ2v) is 5.37. The molecule has 120 valence electrons. The lowest BCUT2D eigenvalue weighted by Crippen LogP contribution is -2.34. The lowest BCUT2D eigenvalue weighted by molar-refractivity contribution is -0.585. The molecule has 0 saturated carbocycles. The fourth-order valence-electron chi connectivity index (χ4n) is 2.79.